The number of hydrogen-bond donors (Lipinski definition) is 1. The van der Waals surface area contributed by atoms with Crippen molar-refractivity contribution in [3.8, 4) is 0 Å². The second kappa shape index (κ2) is 5.63. The molecule has 1 aromatic carbocycles. The third kappa shape index (κ3) is 3.28. The molecule has 2 nitrogen and oxygen atoms in total. The second-order valence-electron chi connectivity index (χ2n) is 3.80. The van der Waals surface area contributed by atoms with Crippen molar-refractivity contribution in [2.45, 2.75) is 12.5 Å². The molecular formula is C13H12BrClN2. The van der Waals surface area contributed by atoms with Gasteiger partial charge in [-0.25, -0.2) is 0 Å². The van der Waals surface area contributed by atoms with Crippen LogP contribution >= 0.6 is 27.5 Å². The molecule has 0 amide bonds. The molecule has 0 aliphatic carbocycles. The SMILES string of the molecule is NC(Cc1ccccn1)c1cc(Br)ccc1Cl. The molecule has 4 heteroatoms. The summed E-state index contributed by atoms with van der Waals surface area (Å²) in [4.78, 5) is 4.26. The van der Waals surface area contributed by atoms with E-state index in [1.54, 1.807) is 6.20 Å². The zero-order chi connectivity index (χ0) is 12.3. The molecule has 17 heavy (non-hydrogen) atoms. The molecule has 2 aromatic rings. The van der Waals surface area contributed by atoms with Gasteiger partial charge in [-0.2, -0.15) is 0 Å². The van der Waals surface area contributed by atoms with Crippen LogP contribution in [0.4, 0.5) is 0 Å². The molecular weight excluding hydrogens is 300 g/mol. The van der Waals surface area contributed by atoms with E-state index in [2.05, 4.69) is 20.9 Å². The smallest absolute Gasteiger partial charge is 0.0454 e. The zero-order valence-corrected chi connectivity index (χ0v) is 11.4. The number of halogens is 2. The number of pyridine rings is 1. The Labute approximate surface area is 114 Å². The molecule has 2 N–H and O–H groups in total. The number of hydrogen-bond acceptors (Lipinski definition) is 2. The summed E-state index contributed by atoms with van der Waals surface area (Å²) in [5.74, 6) is 0. The minimum Gasteiger partial charge on any atom is -0.324 e. The van der Waals surface area contributed by atoms with E-state index < -0.39 is 0 Å². The molecule has 1 aromatic heterocycles. The van der Waals surface area contributed by atoms with Gasteiger partial charge in [0, 0.05) is 33.8 Å². The van der Waals surface area contributed by atoms with Crippen molar-refractivity contribution in [2.75, 3.05) is 0 Å². The predicted octanol–water partition coefficient (Wildman–Crippen LogP) is 3.74. The minimum absolute atomic E-state index is 0.144. The quantitative estimate of drug-likeness (QED) is 0.938. The highest BCUT2D eigenvalue weighted by Gasteiger charge is 2.11. The summed E-state index contributed by atoms with van der Waals surface area (Å²) in [6, 6.07) is 11.4. The normalized spacial score (nSPS) is 12.4. The first-order valence-electron chi connectivity index (χ1n) is 5.27. The molecule has 1 atom stereocenters. The van der Waals surface area contributed by atoms with Crippen molar-refractivity contribution in [3.63, 3.8) is 0 Å². The molecule has 1 heterocycles. The first-order chi connectivity index (χ1) is 8.16. The van der Waals surface area contributed by atoms with Crippen molar-refractivity contribution < 1.29 is 0 Å². The Morgan fingerprint density at radius 3 is 2.82 bits per heavy atom. The Morgan fingerprint density at radius 2 is 2.12 bits per heavy atom. The van der Waals surface area contributed by atoms with Gasteiger partial charge >= 0.3 is 0 Å². The van der Waals surface area contributed by atoms with Gasteiger partial charge in [-0.15, -0.1) is 0 Å². The Kier molecular flexibility index (Phi) is 4.15. The Morgan fingerprint density at radius 1 is 1.29 bits per heavy atom. The van der Waals surface area contributed by atoms with Crippen LogP contribution in [0.25, 0.3) is 0 Å². The molecule has 0 aliphatic heterocycles. The molecule has 0 bridgehead atoms. The van der Waals surface area contributed by atoms with Crippen molar-refractivity contribution in [2.24, 2.45) is 5.73 Å². The Hall–Kier alpha value is -0.900. The van der Waals surface area contributed by atoms with Gasteiger partial charge < -0.3 is 5.73 Å². The fourth-order valence-electron chi connectivity index (χ4n) is 1.65. The fourth-order valence-corrected chi connectivity index (χ4v) is 2.29. The van der Waals surface area contributed by atoms with Crippen molar-refractivity contribution in [1.29, 1.82) is 0 Å². The average molecular weight is 312 g/mol. The molecule has 0 saturated heterocycles. The number of rotatable bonds is 3. The average Bonchev–Trinajstić information content (AvgIpc) is 2.33. The summed E-state index contributed by atoms with van der Waals surface area (Å²) in [6.07, 6.45) is 2.45. The van der Waals surface area contributed by atoms with E-state index >= 15 is 0 Å². The lowest BCUT2D eigenvalue weighted by Gasteiger charge is -2.13. The van der Waals surface area contributed by atoms with Crippen LogP contribution in [0.3, 0.4) is 0 Å². The van der Waals surface area contributed by atoms with Crippen molar-refractivity contribution >= 4 is 27.5 Å². The van der Waals surface area contributed by atoms with E-state index in [0.29, 0.717) is 11.4 Å². The first kappa shape index (κ1) is 12.6. The summed E-state index contributed by atoms with van der Waals surface area (Å²) in [7, 11) is 0. The number of benzene rings is 1. The maximum atomic E-state index is 6.15. The van der Waals surface area contributed by atoms with Crippen LogP contribution < -0.4 is 5.73 Å². The maximum absolute atomic E-state index is 6.15. The van der Waals surface area contributed by atoms with Gasteiger partial charge in [0.2, 0.25) is 0 Å². The van der Waals surface area contributed by atoms with Crippen LogP contribution in [-0.2, 0) is 6.42 Å². The van der Waals surface area contributed by atoms with Gasteiger partial charge in [-0.05, 0) is 35.9 Å². The fraction of sp³-hybridized carbons (Fsp3) is 0.154. The highest BCUT2D eigenvalue weighted by Crippen LogP contribution is 2.26. The molecule has 0 spiro atoms. The molecule has 0 saturated carbocycles. The van der Waals surface area contributed by atoms with E-state index in [1.165, 1.54) is 0 Å². The van der Waals surface area contributed by atoms with Crippen LogP contribution in [0.5, 0.6) is 0 Å². The summed E-state index contributed by atoms with van der Waals surface area (Å²) < 4.78 is 0.980. The van der Waals surface area contributed by atoms with Crippen LogP contribution in [0, 0.1) is 0 Å². The van der Waals surface area contributed by atoms with Crippen LogP contribution in [0.2, 0.25) is 5.02 Å². The topological polar surface area (TPSA) is 38.9 Å². The third-order valence-electron chi connectivity index (χ3n) is 2.51. The number of nitrogens with two attached hydrogens (primary N) is 1. The molecule has 1 unspecified atom stereocenters. The number of nitrogens with zero attached hydrogens (tertiary/aromatic N) is 1. The first-order valence-corrected chi connectivity index (χ1v) is 6.44. The van der Waals surface area contributed by atoms with E-state index in [1.807, 2.05) is 36.4 Å². The molecule has 0 aliphatic rings. The molecule has 0 fully saturated rings. The van der Waals surface area contributed by atoms with Gasteiger partial charge in [0.25, 0.3) is 0 Å². The molecule has 88 valence electrons. The van der Waals surface area contributed by atoms with Crippen molar-refractivity contribution in [1.82, 2.24) is 4.98 Å². The summed E-state index contributed by atoms with van der Waals surface area (Å²) in [5, 5.41) is 0.691. The van der Waals surface area contributed by atoms with Gasteiger partial charge in [0.1, 0.15) is 0 Å². The maximum Gasteiger partial charge on any atom is 0.0454 e. The predicted molar refractivity (Wildman–Crippen MR) is 74.0 cm³/mol. The van der Waals surface area contributed by atoms with Gasteiger partial charge in [-0.3, -0.25) is 4.98 Å². The Bertz CT molecular complexity index is 502. The summed E-state index contributed by atoms with van der Waals surface area (Å²) in [6.45, 7) is 0. The molecule has 2 rings (SSSR count). The summed E-state index contributed by atoms with van der Waals surface area (Å²) in [5.41, 5.74) is 8.06. The van der Waals surface area contributed by atoms with Gasteiger partial charge in [0.15, 0.2) is 0 Å². The van der Waals surface area contributed by atoms with Gasteiger partial charge in [0.05, 0.1) is 0 Å². The van der Waals surface area contributed by atoms with E-state index in [-0.39, 0.29) is 6.04 Å². The Balaban J connectivity index is 2.20. The summed E-state index contributed by atoms with van der Waals surface area (Å²) >= 11 is 9.56. The third-order valence-corrected chi connectivity index (χ3v) is 3.35. The largest absolute Gasteiger partial charge is 0.324 e. The van der Waals surface area contributed by atoms with Crippen LogP contribution in [0.1, 0.15) is 17.3 Å². The lowest BCUT2D eigenvalue weighted by Crippen LogP contribution is -2.14. The number of aromatic nitrogens is 1. The van der Waals surface area contributed by atoms with E-state index in [9.17, 15) is 0 Å². The van der Waals surface area contributed by atoms with E-state index in [0.717, 1.165) is 15.7 Å². The standard InChI is InChI=1S/C13H12BrClN2/c14-9-4-5-12(15)11(7-9)13(16)8-10-3-1-2-6-17-10/h1-7,13H,8,16H2. The van der Waals surface area contributed by atoms with Crippen LogP contribution in [0.15, 0.2) is 47.1 Å². The highest BCUT2D eigenvalue weighted by molar-refractivity contribution is 9.10. The van der Waals surface area contributed by atoms with Crippen molar-refractivity contribution in [3.05, 3.63) is 63.3 Å². The van der Waals surface area contributed by atoms with Crippen LogP contribution in [-0.4, -0.2) is 4.98 Å². The lowest BCUT2D eigenvalue weighted by atomic mass is 10.0. The second-order valence-corrected chi connectivity index (χ2v) is 5.12. The zero-order valence-electron chi connectivity index (χ0n) is 9.11. The highest BCUT2D eigenvalue weighted by atomic mass is 79.9. The minimum atomic E-state index is -0.144. The lowest BCUT2D eigenvalue weighted by molar-refractivity contribution is 0.706. The van der Waals surface area contributed by atoms with E-state index in [4.69, 9.17) is 17.3 Å². The monoisotopic (exact) mass is 310 g/mol. The molecule has 0 radical (unpaired) electrons. The van der Waals surface area contributed by atoms with Gasteiger partial charge in [-0.1, -0.05) is 33.6 Å².